The molecule has 1 aromatic carbocycles. The van der Waals surface area contributed by atoms with Crippen LogP contribution < -0.4 is 0 Å². The molecule has 2 rings (SSSR count). The van der Waals surface area contributed by atoms with Crippen LogP contribution in [0.5, 0.6) is 0 Å². The highest BCUT2D eigenvalue weighted by Crippen LogP contribution is 2.51. The summed E-state index contributed by atoms with van der Waals surface area (Å²) < 4.78 is 14.4. The van der Waals surface area contributed by atoms with Crippen molar-refractivity contribution < 1.29 is 14.3 Å². The second-order valence-electron chi connectivity index (χ2n) is 3.94. The fourth-order valence-corrected chi connectivity index (χ4v) is 2.48. The quantitative estimate of drug-likeness (QED) is 0.899. The summed E-state index contributed by atoms with van der Waals surface area (Å²) in [4.78, 5) is 11.1. The third-order valence-corrected chi connectivity index (χ3v) is 3.58. The van der Waals surface area contributed by atoms with Crippen LogP contribution in [0, 0.1) is 12.7 Å². The Kier molecular flexibility index (Phi) is 2.34. The van der Waals surface area contributed by atoms with Gasteiger partial charge in [0.2, 0.25) is 0 Å². The predicted octanol–water partition coefficient (Wildman–Crippen LogP) is 3.01. The van der Waals surface area contributed by atoms with Gasteiger partial charge < -0.3 is 5.11 Å². The SMILES string of the molecule is Cc1ccc(Br)c(C2(C(=O)O)CC2)c1F. The molecule has 0 spiro atoms. The normalized spacial score (nSPS) is 17.5. The Morgan fingerprint density at radius 3 is 2.60 bits per heavy atom. The largest absolute Gasteiger partial charge is 0.481 e. The van der Waals surface area contributed by atoms with Gasteiger partial charge in [-0.15, -0.1) is 0 Å². The average Bonchev–Trinajstić information content (AvgIpc) is 2.93. The van der Waals surface area contributed by atoms with Gasteiger partial charge >= 0.3 is 5.97 Å². The Morgan fingerprint density at radius 2 is 2.13 bits per heavy atom. The topological polar surface area (TPSA) is 37.3 Å². The van der Waals surface area contributed by atoms with Crippen molar-refractivity contribution in [3.8, 4) is 0 Å². The summed E-state index contributed by atoms with van der Waals surface area (Å²) in [5.74, 6) is -1.34. The third-order valence-electron chi connectivity index (χ3n) is 2.92. The zero-order chi connectivity index (χ0) is 11.2. The molecule has 0 bridgehead atoms. The number of carboxylic acid groups (broad SMARTS) is 1. The molecule has 0 unspecified atom stereocenters. The van der Waals surface area contributed by atoms with Crippen molar-refractivity contribution in [1.29, 1.82) is 0 Å². The molecule has 0 aromatic heterocycles. The first-order valence-corrected chi connectivity index (χ1v) is 5.47. The van der Waals surface area contributed by atoms with Crippen molar-refractivity contribution in [3.05, 3.63) is 33.5 Å². The van der Waals surface area contributed by atoms with E-state index in [1.165, 1.54) is 0 Å². The fourth-order valence-electron chi connectivity index (χ4n) is 1.79. The Hall–Kier alpha value is -0.900. The molecular weight excluding hydrogens is 263 g/mol. The molecule has 1 aliphatic rings. The number of hydrogen-bond acceptors (Lipinski definition) is 1. The molecule has 15 heavy (non-hydrogen) atoms. The van der Waals surface area contributed by atoms with Crippen LogP contribution >= 0.6 is 15.9 Å². The summed E-state index contributed by atoms with van der Waals surface area (Å²) in [7, 11) is 0. The van der Waals surface area contributed by atoms with Crippen LogP contribution in [0.2, 0.25) is 0 Å². The van der Waals surface area contributed by atoms with Crippen molar-refractivity contribution in [2.75, 3.05) is 0 Å². The molecule has 2 nitrogen and oxygen atoms in total. The van der Waals surface area contributed by atoms with Gasteiger partial charge in [-0.2, -0.15) is 0 Å². The van der Waals surface area contributed by atoms with Crippen LogP contribution in [0.3, 0.4) is 0 Å². The molecule has 1 saturated carbocycles. The smallest absolute Gasteiger partial charge is 0.314 e. The molecule has 0 heterocycles. The van der Waals surface area contributed by atoms with Gasteiger partial charge in [-0.1, -0.05) is 22.0 Å². The maximum absolute atomic E-state index is 13.9. The molecule has 1 aliphatic carbocycles. The summed E-state index contributed by atoms with van der Waals surface area (Å²) in [5, 5.41) is 9.11. The van der Waals surface area contributed by atoms with E-state index in [1.807, 2.05) is 0 Å². The highest BCUT2D eigenvalue weighted by molar-refractivity contribution is 9.10. The van der Waals surface area contributed by atoms with Gasteiger partial charge in [0.1, 0.15) is 5.82 Å². The van der Waals surface area contributed by atoms with Gasteiger partial charge in [-0.3, -0.25) is 4.79 Å². The minimum absolute atomic E-state index is 0.301. The van der Waals surface area contributed by atoms with Gasteiger partial charge in [0, 0.05) is 10.0 Å². The number of benzene rings is 1. The molecule has 80 valence electrons. The zero-order valence-electron chi connectivity index (χ0n) is 8.18. The molecular formula is C11H10BrFO2. The Bertz CT molecular complexity index is 438. The van der Waals surface area contributed by atoms with E-state index in [-0.39, 0.29) is 0 Å². The van der Waals surface area contributed by atoms with E-state index >= 15 is 0 Å². The van der Waals surface area contributed by atoms with E-state index in [0.29, 0.717) is 28.4 Å². The van der Waals surface area contributed by atoms with Crippen LogP contribution in [-0.2, 0) is 10.2 Å². The van der Waals surface area contributed by atoms with Crippen LogP contribution in [0.15, 0.2) is 16.6 Å². The second-order valence-corrected chi connectivity index (χ2v) is 4.79. The molecule has 1 N–H and O–H groups in total. The number of halogens is 2. The van der Waals surface area contributed by atoms with Crippen LogP contribution in [0.25, 0.3) is 0 Å². The van der Waals surface area contributed by atoms with E-state index in [9.17, 15) is 9.18 Å². The molecule has 0 radical (unpaired) electrons. The first-order chi connectivity index (χ1) is 6.99. The van der Waals surface area contributed by atoms with Gasteiger partial charge in [0.05, 0.1) is 5.41 Å². The average molecular weight is 273 g/mol. The lowest BCUT2D eigenvalue weighted by molar-refractivity contribution is -0.140. The van der Waals surface area contributed by atoms with Crippen molar-refractivity contribution in [2.45, 2.75) is 25.2 Å². The van der Waals surface area contributed by atoms with Crippen molar-refractivity contribution in [1.82, 2.24) is 0 Å². The van der Waals surface area contributed by atoms with E-state index < -0.39 is 17.2 Å². The number of aryl methyl sites for hydroxylation is 1. The standard InChI is InChI=1S/C11H10BrFO2/c1-6-2-3-7(12)8(9(6)13)11(4-5-11)10(14)15/h2-3H,4-5H2,1H3,(H,14,15). The lowest BCUT2D eigenvalue weighted by atomic mass is 9.94. The van der Waals surface area contributed by atoms with Crippen LogP contribution in [0.4, 0.5) is 4.39 Å². The highest BCUT2D eigenvalue weighted by Gasteiger charge is 2.54. The number of carboxylic acids is 1. The number of aliphatic carboxylic acids is 1. The Labute approximate surface area is 95.2 Å². The summed E-state index contributed by atoms with van der Waals surface area (Å²) in [6, 6.07) is 3.34. The summed E-state index contributed by atoms with van der Waals surface area (Å²) in [5.41, 5.74) is -0.203. The molecule has 4 heteroatoms. The first-order valence-electron chi connectivity index (χ1n) is 4.67. The number of hydrogen-bond donors (Lipinski definition) is 1. The van der Waals surface area contributed by atoms with Gasteiger partial charge in [-0.25, -0.2) is 4.39 Å². The molecule has 1 fully saturated rings. The summed E-state index contributed by atoms with van der Waals surface area (Å²) in [6.07, 6.45) is 1.03. The maximum atomic E-state index is 13.9. The van der Waals surface area contributed by atoms with Gasteiger partial charge in [0.25, 0.3) is 0 Å². The van der Waals surface area contributed by atoms with Gasteiger partial charge in [0.15, 0.2) is 0 Å². The zero-order valence-corrected chi connectivity index (χ0v) is 9.77. The molecule has 1 aromatic rings. The molecule has 0 atom stereocenters. The minimum atomic E-state index is -0.991. The van der Waals surface area contributed by atoms with Crippen molar-refractivity contribution in [3.63, 3.8) is 0 Å². The van der Waals surface area contributed by atoms with E-state index in [2.05, 4.69) is 15.9 Å². The molecule has 0 saturated heterocycles. The van der Waals surface area contributed by atoms with E-state index in [1.54, 1.807) is 19.1 Å². The Balaban J connectivity index is 2.62. The van der Waals surface area contributed by atoms with Gasteiger partial charge in [-0.05, 0) is 31.4 Å². The lowest BCUT2D eigenvalue weighted by Gasteiger charge is -2.14. The third kappa shape index (κ3) is 1.47. The fraction of sp³-hybridized carbons (Fsp3) is 0.364. The monoisotopic (exact) mass is 272 g/mol. The van der Waals surface area contributed by atoms with E-state index in [0.717, 1.165) is 0 Å². The van der Waals surface area contributed by atoms with E-state index in [4.69, 9.17) is 5.11 Å². The lowest BCUT2D eigenvalue weighted by Crippen LogP contribution is -2.22. The summed E-state index contributed by atoms with van der Waals surface area (Å²) in [6.45, 7) is 1.64. The van der Waals surface area contributed by atoms with Crippen LogP contribution in [-0.4, -0.2) is 11.1 Å². The highest BCUT2D eigenvalue weighted by atomic mass is 79.9. The molecule has 0 amide bonds. The van der Waals surface area contributed by atoms with Crippen LogP contribution in [0.1, 0.15) is 24.0 Å². The van der Waals surface area contributed by atoms with Crippen molar-refractivity contribution >= 4 is 21.9 Å². The second kappa shape index (κ2) is 3.30. The minimum Gasteiger partial charge on any atom is -0.481 e. The predicted molar refractivity (Wildman–Crippen MR) is 57.4 cm³/mol. The number of rotatable bonds is 2. The van der Waals surface area contributed by atoms with Crippen molar-refractivity contribution in [2.24, 2.45) is 0 Å². The first kappa shape index (κ1) is 10.6. The Morgan fingerprint density at radius 1 is 1.53 bits per heavy atom. The molecule has 0 aliphatic heterocycles. The number of carbonyl (C=O) groups is 1. The summed E-state index contributed by atoms with van der Waals surface area (Å²) >= 11 is 3.22. The maximum Gasteiger partial charge on any atom is 0.314 e.